The Bertz CT molecular complexity index is 1810. The molecule has 0 amide bonds. The number of hydrogen-bond donors (Lipinski definition) is 3. The Labute approximate surface area is 250 Å². The highest BCUT2D eigenvalue weighted by Gasteiger charge is 2.15. The fourth-order valence-corrected chi connectivity index (χ4v) is 5.66. The Hall–Kier alpha value is -5.02. The highest BCUT2D eigenvalue weighted by Crippen LogP contribution is 2.37. The van der Waals surface area contributed by atoms with E-state index in [9.17, 15) is 0 Å². The molecule has 1 aliphatic heterocycles. The quantitative estimate of drug-likeness (QED) is 0.147. The van der Waals surface area contributed by atoms with Crippen molar-refractivity contribution < 1.29 is 4.74 Å². The van der Waals surface area contributed by atoms with E-state index >= 15 is 0 Å². The van der Waals surface area contributed by atoms with Gasteiger partial charge in [-0.2, -0.15) is 0 Å². The number of fused-ring (bicyclic) bond motifs is 2. The van der Waals surface area contributed by atoms with Gasteiger partial charge in [0.15, 0.2) is 0 Å². The maximum atomic E-state index is 6.49. The van der Waals surface area contributed by atoms with Crippen LogP contribution in [0.15, 0.2) is 91.3 Å². The van der Waals surface area contributed by atoms with Gasteiger partial charge in [0.05, 0.1) is 22.3 Å². The number of H-pyrrole nitrogens is 1. The van der Waals surface area contributed by atoms with Gasteiger partial charge in [0.2, 0.25) is 17.8 Å². The second kappa shape index (κ2) is 12.5. The summed E-state index contributed by atoms with van der Waals surface area (Å²) in [5, 5.41) is 8.81. The number of pyridine rings is 1. The molecule has 6 aromatic rings. The summed E-state index contributed by atoms with van der Waals surface area (Å²) < 4.78 is 6.49. The predicted octanol–water partition coefficient (Wildman–Crippen LogP) is 7.39. The first-order valence-corrected chi connectivity index (χ1v) is 15.0. The largest absolute Gasteiger partial charge is 0.438 e. The molecular formula is C34H34N8O. The average molecular weight is 571 g/mol. The summed E-state index contributed by atoms with van der Waals surface area (Å²) in [5.41, 5.74) is 4.38. The van der Waals surface area contributed by atoms with Crippen LogP contribution in [0.25, 0.3) is 33.1 Å². The first-order chi connectivity index (χ1) is 21.3. The SMILES string of the molecule is c1cnc(Oc2ccc(Nc3nc4ccccc4[nH]3)c3ccccc23)c(-c2ccnc(NCCCN3CCCCC3)n2)c1. The van der Waals surface area contributed by atoms with Crippen molar-refractivity contribution >= 4 is 39.4 Å². The Morgan fingerprint density at radius 1 is 0.791 bits per heavy atom. The second-order valence-electron chi connectivity index (χ2n) is 10.8. The Morgan fingerprint density at radius 2 is 1.65 bits per heavy atom. The number of nitrogens with one attached hydrogen (secondary N) is 3. The number of aromatic nitrogens is 5. The van der Waals surface area contributed by atoms with Crippen LogP contribution >= 0.6 is 0 Å². The molecule has 9 heteroatoms. The summed E-state index contributed by atoms with van der Waals surface area (Å²) in [4.78, 5) is 24.4. The fourth-order valence-electron chi connectivity index (χ4n) is 5.66. The van der Waals surface area contributed by atoms with Crippen LogP contribution in [-0.4, -0.2) is 56.0 Å². The number of anilines is 3. The number of benzene rings is 3. The van der Waals surface area contributed by atoms with Crippen molar-refractivity contribution in [2.75, 3.05) is 36.8 Å². The number of para-hydroxylation sites is 2. The summed E-state index contributed by atoms with van der Waals surface area (Å²) >= 11 is 0. The van der Waals surface area contributed by atoms with E-state index < -0.39 is 0 Å². The summed E-state index contributed by atoms with van der Waals surface area (Å²) in [6.07, 6.45) is 8.56. The number of aromatic amines is 1. The van der Waals surface area contributed by atoms with Crippen LogP contribution in [-0.2, 0) is 0 Å². The van der Waals surface area contributed by atoms with Gasteiger partial charge < -0.3 is 25.3 Å². The lowest BCUT2D eigenvalue weighted by Crippen LogP contribution is -2.31. The molecule has 216 valence electrons. The highest BCUT2D eigenvalue weighted by molar-refractivity contribution is 5.99. The molecule has 0 bridgehead atoms. The van der Waals surface area contributed by atoms with Gasteiger partial charge >= 0.3 is 0 Å². The molecule has 7 rings (SSSR count). The van der Waals surface area contributed by atoms with Crippen LogP contribution in [0, 0.1) is 0 Å². The summed E-state index contributed by atoms with van der Waals surface area (Å²) in [5.74, 6) is 2.49. The first-order valence-electron chi connectivity index (χ1n) is 15.0. The maximum absolute atomic E-state index is 6.49. The molecule has 1 fully saturated rings. The molecule has 0 aliphatic carbocycles. The van der Waals surface area contributed by atoms with E-state index in [1.807, 2.05) is 72.8 Å². The lowest BCUT2D eigenvalue weighted by molar-refractivity contribution is 0.228. The smallest absolute Gasteiger partial charge is 0.228 e. The first kappa shape index (κ1) is 26.9. The monoisotopic (exact) mass is 570 g/mol. The van der Waals surface area contributed by atoms with Crippen molar-refractivity contribution in [1.82, 2.24) is 29.8 Å². The second-order valence-corrected chi connectivity index (χ2v) is 10.8. The van der Waals surface area contributed by atoms with Gasteiger partial charge in [-0.3, -0.25) is 0 Å². The molecule has 0 unspecified atom stereocenters. The van der Waals surface area contributed by atoms with Crippen LogP contribution < -0.4 is 15.4 Å². The van der Waals surface area contributed by atoms with Gasteiger partial charge in [-0.25, -0.2) is 19.9 Å². The Kier molecular flexibility index (Phi) is 7.78. The normalized spacial score (nSPS) is 13.8. The van der Waals surface area contributed by atoms with E-state index in [2.05, 4.69) is 41.5 Å². The van der Waals surface area contributed by atoms with E-state index in [1.54, 1.807) is 12.4 Å². The van der Waals surface area contributed by atoms with Gasteiger partial charge in [-0.1, -0.05) is 42.8 Å². The molecule has 0 radical (unpaired) electrons. The zero-order valence-corrected chi connectivity index (χ0v) is 24.0. The minimum atomic E-state index is 0.486. The third-order valence-corrected chi connectivity index (χ3v) is 7.82. The van der Waals surface area contributed by atoms with Crippen molar-refractivity contribution in [1.29, 1.82) is 0 Å². The molecule has 3 N–H and O–H groups in total. The molecule has 9 nitrogen and oxygen atoms in total. The Morgan fingerprint density at radius 3 is 2.56 bits per heavy atom. The zero-order chi connectivity index (χ0) is 28.8. The molecule has 1 saturated heterocycles. The number of rotatable bonds is 10. The van der Waals surface area contributed by atoms with Gasteiger partial charge in [0.1, 0.15) is 5.75 Å². The van der Waals surface area contributed by atoms with Crippen LogP contribution in [0.5, 0.6) is 11.6 Å². The van der Waals surface area contributed by atoms with Crippen LogP contribution in [0.4, 0.5) is 17.6 Å². The van der Waals surface area contributed by atoms with E-state index in [0.29, 0.717) is 23.5 Å². The van der Waals surface area contributed by atoms with E-state index in [0.717, 1.165) is 58.3 Å². The van der Waals surface area contributed by atoms with Gasteiger partial charge in [0.25, 0.3) is 0 Å². The van der Waals surface area contributed by atoms with E-state index in [1.165, 1.54) is 32.4 Å². The number of nitrogens with zero attached hydrogens (tertiary/aromatic N) is 5. The number of imidazole rings is 1. The lowest BCUT2D eigenvalue weighted by Gasteiger charge is -2.26. The molecule has 0 atom stereocenters. The summed E-state index contributed by atoms with van der Waals surface area (Å²) in [6, 6.07) is 25.9. The topological polar surface area (TPSA) is 104 Å². The van der Waals surface area contributed by atoms with Crippen LogP contribution in [0.3, 0.4) is 0 Å². The standard InChI is InChI=1S/C34H34N8O/c1-6-21-42(22-7-1)23-9-19-36-33-37-20-17-28(38-33)26-12-8-18-35-32(26)43-31-16-15-27(24-10-2-3-11-25(24)31)39-34-40-29-13-4-5-14-30(29)41-34/h2-5,8,10-18,20H,1,6-7,9,19,21-23H2,(H,36,37,38)(H2,39,40,41). The molecule has 3 aromatic carbocycles. The molecule has 0 saturated carbocycles. The third kappa shape index (κ3) is 6.12. The molecule has 43 heavy (non-hydrogen) atoms. The third-order valence-electron chi connectivity index (χ3n) is 7.82. The number of likely N-dealkylation sites (tertiary alicyclic amines) is 1. The van der Waals surface area contributed by atoms with Crippen molar-refractivity contribution in [2.24, 2.45) is 0 Å². The summed E-state index contributed by atoms with van der Waals surface area (Å²) in [7, 11) is 0. The number of hydrogen-bond acceptors (Lipinski definition) is 8. The van der Waals surface area contributed by atoms with Gasteiger partial charge in [0, 0.05) is 35.4 Å². The van der Waals surface area contributed by atoms with Crippen molar-refractivity contribution in [3.8, 4) is 22.9 Å². The maximum Gasteiger partial charge on any atom is 0.228 e. The highest BCUT2D eigenvalue weighted by atomic mass is 16.5. The average Bonchev–Trinajstić information content (AvgIpc) is 3.48. The fraction of sp³-hybridized carbons (Fsp3) is 0.235. The number of piperidine rings is 1. The van der Waals surface area contributed by atoms with Gasteiger partial charge in [-0.05, 0) is 81.4 Å². The summed E-state index contributed by atoms with van der Waals surface area (Å²) in [6.45, 7) is 4.36. The number of ether oxygens (including phenoxy) is 1. The molecular weight excluding hydrogens is 536 g/mol. The van der Waals surface area contributed by atoms with Crippen molar-refractivity contribution in [3.63, 3.8) is 0 Å². The zero-order valence-electron chi connectivity index (χ0n) is 24.0. The van der Waals surface area contributed by atoms with Crippen LogP contribution in [0.2, 0.25) is 0 Å². The molecule has 4 heterocycles. The van der Waals surface area contributed by atoms with E-state index in [-0.39, 0.29) is 0 Å². The van der Waals surface area contributed by atoms with E-state index in [4.69, 9.17) is 9.72 Å². The predicted molar refractivity (Wildman–Crippen MR) is 172 cm³/mol. The van der Waals surface area contributed by atoms with Gasteiger partial charge in [-0.15, -0.1) is 0 Å². The molecule has 3 aromatic heterocycles. The van der Waals surface area contributed by atoms with Crippen molar-refractivity contribution in [3.05, 3.63) is 91.3 Å². The lowest BCUT2D eigenvalue weighted by atomic mass is 10.1. The minimum absolute atomic E-state index is 0.486. The minimum Gasteiger partial charge on any atom is -0.438 e. The molecule has 1 aliphatic rings. The van der Waals surface area contributed by atoms with Crippen LogP contribution in [0.1, 0.15) is 25.7 Å². The van der Waals surface area contributed by atoms with Crippen molar-refractivity contribution in [2.45, 2.75) is 25.7 Å². The molecule has 0 spiro atoms. The Balaban J connectivity index is 1.10.